The SMILES string of the molecule is Cc1cc(-c2cc3c(c(Nc4ccc(N5CCOCC5)cc4)n2)C(C=O)NC=C3)ncc1N. The number of nitrogens with one attached hydrogen (secondary N) is 2. The molecule has 1 aromatic carbocycles. The molecule has 0 spiro atoms. The van der Waals surface area contributed by atoms with Crippen molar-refractivity contribution in [3.8, 4) is 11.4 Å². The van der Waals surface area contributed by atoms with Crippen molar-refractivity contribution >= 4 is 35.2 Å². The van der Waals surface area contributed by atoms with E-state index in [1.165, 1.54) is 0 Å². The van der Waals surface area contributed by atoms with E-state index in [0.717, 1.165) is 66.3 Å². The summed E-state index contributed by atoms with van der Waals surface area (Å²) in [7, 11) is 0. The van der Waals surface area contributed by atoms with Crippen LogP contribution in [0.1, 0.15) is 22.7 Å². The first-order valence-electron chi connectivity index (χ1n) is 11.0. The third-order valence-electron chi connectivity index (χ3n) is 6.00. The number of aldehydes is 1. The predicted octanol–water partition coefficient (Wildman–Crippen LogP) is 3.43. The van der Waals surface area contributed by atoms with Gasteiger partial charge < -0.3 is 30.8 Å². The second-order valence-electron chi connectivity index (χ2n) is 8.17. The van der Waals surface area contributed by atoms with Crippen LogP contribution < -0.4 is 21.3 Å². The van der Waals surface area contributed by atoms with Crippen molar-refractivity contribution in [1.29, 1.82) is 0 Å². The number of hydrogen-bond acceptors (Lipinski definition) is 8. The smallest absolute Gasteiger partial charge is 0.146 e. The van der Waals surface area contributed by atoms with Crippen molar-refractivity contribution in [2.75, 3.05) is 42.3 Å². The number of morpholine rings is 1. The van der Waals surface area contributed by atoms with E-state index in [-0.39, 0.29) is 0 Å². The summed E-state index contributed by atoms with van der Waals surface area (Å²) in [4.78, 5) is 23.4. The fourth-order valence-electron chi connectivity index (χ4n) is 4.12. The van der Waals surface area contributed by atoms with E-state index in [9.17, 15) is 4.79 Å². The summed E-state index contributed by atoms with van der Waals surface area (Å²) in [6, 6.07) is 11.6. The number of ether oxygens (including phenoxy) is 1. The number of fused-ring (bicyclic) bond motifs is 1. The van der Waals surface area contributed by atoms with E-state index >= 15 is 0 Å². The number of hydrogen-bond donors (Lipinski definition) is 3. The van der Waals surface area contributed by atoms with Gasteiger partial charge in [-0.1, -0.05) is 0 Å². The number of aryl methyl sites for hydroxylation is 1. The molecule has 168 valence electrons. The topological polar surface area (TPSA) is 105 Å². The van der Waals surface area contributed by atoms with Crippen molar-refractivity contribution in [2.24, 2.45) is 0 Å². The molecule has 0 amide bonds. The number of benzene rings is 1. The van der Waals surface area contributed by atoms with Crippen LogP contribution in [0.5, 0.6) is 0 Å². The predicted molar refractivity (Wildman–Crippen MR) is 130 cm³/mol. The zero-order valence-corrected chi connectivity index (χ0v) is 18.4. The summed E-state index contributed by atoms with van der Waals surface area (Å²) >= 11 is 0. The molecule has 8 nitrogen and oxygen atoms in total. The highest BCUT2D eigenvalue weighted by Crippen LogP contribution is 2.34. The van der Waals surface area contributed by atoms with Crippen LogP contribution in [0.2, 0.25) is 0 Å². The minimum atomic E-state index is -0.484. The van der Waals surface area contributed by atoms with Crippen molar-refractivity contribution < 1.29 is 9.53 Å². The highest BCUT2D eigenvalue weighted by molar-refractivity contribution is 5.80. The highest BCUT2D eigenvalue weighted by Gasteiger charge is 2.23. The van der Waals surface area contributed by atoms with Crippen LogP contribution in [-0.4, -0.2) is 42.6 Å². The van der Waals surface area contributed by atoms with Gasteiger partial charge in [0, 0.05) is 30.0 Å². The average molecular weight is 443 g/mol. The van der Waals surface area contributed by atoms with Gasteiger partial charge in [-0.15, -0.1) is 0 Å². The van der Waals surface area contributed by atoms with Gasteiger partial charge >= 0.3 is 0 Å². The summed E-state index contributed by atoms with van der Waals surface area (Å²) in [5.74, 6) is 0.617. The van der Waals surface area contributed by atoms with Crippen molar-refractivity contribution in [3.63, 3.8) is 0 Å². The average Bonchev–Trinajstić information content (AvgIpc) is 2.86. The van der Waals surface area contributed by atoms with Gasteiger partial charge in [0.25, 0.3) is 0 Å². The summed E-state index contributed by atoms with van der Waals surface area (Å²) in [6.45, 7) is 5.21. The van der Waals surface area contributed by atoms with Crippen molar-refractivity contribution in [3.05, 3.63) is 65.5 Å². The van der Waals surface area contributed by atoms with E-state index in [1.54, 1.807) is 12.4 Å². The number of nitrogens with two attached hydrogens (primary N) is 1. The van der Waals surface area contributed by atoms with Gasteiger partial charge in [-0.2, -0.15) is 0 Å². The lowest BCUT2D eigenvalue weighted by Gasteiger charge is -2.29. The molecule has 1 atom stereocenters. The number of carbonyl (C=O) groups excluding carboxylic acids is 1. The lowest BCUT2D eigenvalue weighted by atomic mass is 9.97. The Kier molecular flexibility index (Phi) is 5.66. The Bertz CT molecular complexity index is 1200. The molecule has 33 heavy (non-hydrogen) atoms. The number of nitrogen functional groups attached to an aromatic ring is 1. The van der Waals surface area contributed by atoms with Gasteiger partial charge in [-0.05, 0) is 66.7 Å². The number of nitrogens with zero attached hydrogens (tertiary/aromatic N) is 3. The summed E-state index contributed by atoms with van der Waals surface area (Å²) < 4.78 is 5.44. The highest BCUT2D eigenvalue weighted by atomic mass is 16.5. The standard InChI is InChI=1S/C25H26N6O2/c1-16-12-21(28-14-20(16)26)22-13-17-6-7-27-23(15-32)24(17)25(30-22)29-18-2-4-19(5-3-18)31-8-10-33-11-9-31/h2-7,12-15,23,27H,8-11,26H2,1H3,(H,29,30). The first-order chi connectivity index (χ1) is 16.1. The Balaban J connectivity index is 1.51. The molecule has 4 heterocycles. The molecule has 1 fully saturated rings. The largest absolute Gasteiger partial charge is 0.397 e. The molecule has 8 heteroatoms. The quantitative estimate of drug-likeness (QED) is 0.516. The van der Waals surface area contributed by atoms with Gasteiger partial charge in [0.15, 0.2) is 0 Å². The van der Waals surface area contributed by atoms with Crippen LogP contribution in [-0.2, 0) is 9.53 Å². The molecule has 2 aliphatic heterocycles. The minimum Gasteiger partial charge on any atom is -0.397 e. The molecule has 3 aromatic rings. The lowest BCUT2D eigenvalue weighted by Crippen LogP contribution is -2.36. The number of carbonyl (C=O) groups is 1. The monoisotopic (exact) mass is 442 g/mol. The molecule has 2 aromatic heterocycles. The second kappa shape index (κ2) is 8.91. The first kappa shape index (κ1) is 21.0. The Morgan fingerprint density at radius 1 is 1.18 bits per heavy atom. The van der Waals surface area contributed by atoms with Crippen LogP contribution in [0, 0.1) is 6.92 Å². The van der Waals surface area contributed by atoms with Crippen LogP contribution in [0.4, 0.5) is 22.9 Å². The molecule has 1 unspecified atom stereocenters. The number of rotatable bonds is 5. The van der Waals surface area contributed by atoms with E-state index in [1.807, 2.05) is 37.3 Å². The van der Waals surface area contributed by atoms with Crippen LogP contribution in [0.25, 0.3) is 17.5 Å². The summed E-state index contributed by atoms with van der Waals surface area (Å²) in [5, 5.41) is 6.52. The molecular formula is C25H26N6O2. The molecule has 4 N–H and O–H groups in total. The van der Waals surface area contributed by atoms with Crippen molar-refractivity contribution in [2.45, 2.75) is 13.0 Å². The molecule has 2 aliphatic rings. The maximum atomic E-state index is 11.8. The lowest BCUT2D eigenvalue weighted by molar-refractivity contribution is -0.109. The van der Waals surface area contributed by atoms with Crippen LogP contribution in [0.15, 0.2) is 48.8 Å². The van der Waals surface area contributed by atoms with E-state index in [4.69, 9.17) is 15.5 Å². The minimum absolute atomic E-state index is 0.484. The number of pyridine rings is 2. The first-order valence-corrected chi connectivity index (χ1v) is 11.0. The molecule has 1 saturated heterocycles. The fraction of sp³-hybridized carbons (Fsp3) is 0.240. The van der Waals surface area contributed by atoms with Gasteiger partial charge in [-0.3, -0.25) is 4.98 Å². The fourth-order valence-corrected chi connectivity index (χ4v) is 4.12. The molecule has 0 saturated carbocycles. The Morgan fingerprint density at radius 2 is 1.97 bits per heavy atom. The number of aromatic nitrogens is 2. The van der Waals surface area contributed by atoms with Gasteiger partial charge in [0.2, 0.25) is 0 Å². The van der Waals surface area contributed by atoms with Crippen LogP contribution >= 0.6 is 0 Å². The molecular weight excluding hydrogens is 416 g/mol. The van der Waals surface area contributed by atoms with Gasteiger partial charge in [-0.25, -0.2) is 4.98 Å². The Morgan fingerprint density at radius 3 is 2.70 bits per heavy atom. The summed E-state index contributed by atoms with van der Waals surface area (Å²) in [5.41, 5.74) is 12.7. The maximum absolute atomic E-state index is 11.8. The molecule has 0 radical (unpaired) electrons. The Labute approximate surface area is 192 Å². The number of anilines is 4. The molecule has 5 rings (SSSR count). The van der Waals surface area contributed by atoms with E-state index in [0.29, 0.717) is 17.2 Å². The van der Waals surface area contributed by atoms with Crippen molar-refractivity contribution in [1.82, 2.24) is 15.3 Å². The molecule has 0 aliphatic carbocycles. The van der Waals surface area contributed by atoms with E-state index < -0.39 is 6.04 Å². The maximum Gasteiger partial charge on any atom is 0.146 e. The third kappa shape index (κ3) is 4.25. The van der Waals surface area contributed by atoms with E-state index in [2.05, 4.69) is 32.7 Å². The van der Waals surface area contributed by atoms with Gasteiger partial charge in [0.05, 0.1) is 36.5 Å². The second-order valence-corrected chi connectivity index (χ2v) is 8.17. The normalized spacial score (nSPS) is 17.2. The van der Waals surface area contributed by atoms with Gasteiger partial charge in [0.1, 0.15) is 18.1 Å². The zero-order chi connectivity index (χ0) is 22.8. The Hall–Kier alpha value is -3.91. The summed E-state index contributed by atoms with van der Waals surface area (Å²) in [6.07, 6.45) is 6.27. The zero-order valence-electron chi connectivity index (χ0n) is 18.4. The molecule has 0 bridgehead atoms. The van der Waals surface area contributed by atoms with Crippen LogP contribution in [0.3, 0.4) is 0 Å². The third-order valence-corrected chi connectivity index (χ3v) is 6.00.